The fraction of sp³-hybridized carbons (Fsp3) is 0.280. The summed E-state index contributed by atoms with van der Waals surface area (Å²) < 4.78 is 19.2. The third-order valence-electron chi connectivity index (χ3n) is 5.97. The van der Waals surface area contributed by atoms with Crippen LogP contribution in [0.2, 0.25) is 0 Å². The Morgan fingerprint density at radius 1 is 1.12 bits per heavy atom. The predicted molar refractivity (Wildman–Crippen MR) is 125 cm³/mol. The van der Waals surface area contributed by atoms with Gasteiger partial charge in [0.05, 0.1) is 26.4 Å². The second-order valence-electron chi connectivity index (χ2n) is 8.04. The Bertz CT molecular complexity index is 1250. The van der Waals surface area contributed by atoms with Crippen LogP contribution in [0.3, 0.4) is 0 Å². The van der Waals surface area contributed by atoms with Crippen molar-refractivity contribution >= 4 is 11.3 Å². The molecule has 33 heavy (non-hydrogen) atoms. The van der Waals surface area contributed by atoms with Gasteiger partial charge >= 0.3 is 0 Å². The molecule has 0 amide bonds. The minimum Gasteiger partial charge on any atom is -0.493 e. The van der Waals surface area contributed by atoms with Gasteiger partial charge in [0.2, 0.25) is 0 Å². The van der Waals surface area contributed by atoms with E-state index in [2.05, 4.69) is 4.98 Å². The largest absolute Gasteiger partial charge is 0.493 e. The number of methoxy groups -OCH3 is 1. The van der Waals surface area contributed by atoms with Crippen LogP contribution in [-0.4, -0.2) is 45.9 Å². The number of ether oxygens (including phenoxy) is 3. The van der Waals surface area contributed by atoms with Crippen LogP contribution in [0.25, 0.3) is 16.8 Å². The number of benzene rings is 2. The van der Waals surface area contributed by atoms with Crippen molar-refractivity contribution in [2.45, 2.75) is 24.9 Å². The summed E-state index contributed by atoms with van der Waals surface area (Å²) in [6.45, 7) is 0.554. The van der Waals surface area contributed by atoms with E-state index in [1.165, 1.54) is 0 Å². The number of nitrogens with zero attached hydrogens (tertiary/aromatic N) is 3. The van der Waals surface area contributed by atoms with E-state index in [0.717, 1.165) is 35.4 Å². The van der Waals surface area contributed by atoms with E-state index in [1.54, 1.807) is 13.3 Å². The molecule has 0 bridgehead atoms. The lowest BCUT2D eigenvalue weighted by Gasteiger charge is -2.27. The molecule has 3 N–H and O–H groups in total. The number of imidazole rings is 1. The number of nitrogen functional groups attached to an aromatic ring is 1. The van der Waals surface area contributed by atoms with Gasteiger partial charge in [-0.3, -0.25) is 4.40 Å². The maximum Gasteiger partial charge on any atom is 0.169 e. The van der Waals surface area contributed by atoms with Gasteiger partial charge in [0, 0.05) is 23.9 Å². The van der Waals surface area contributed by atoms with Gasteiger partial charge in [-0.1, -0.05) is 12.1 Å². The Kier molecular flexibility index (Phi) is 5.85. The van der Waals surface area contributed by atoms with Crippen LogP contribution in [0.15, 0.2) is 60.9 Å². The molecule has 0 radical (unpaired) electrons. The minimum absolute atomic E-state index is 0.0421. The van der Waals surface area contributed by atoms with E-state index in [0.29, 0.717) is 29.7 Å². The zero-order valence-corrected chi connectivity index (χ0v) is 18.3. The van der Waals surface area contributed by atoms with Crippen LogP contribution in [0.1, 0.15) is 24.6 Å². The van der Waals surface area contributed by atoms with E-state index < -0.39 is 0 Å². The molecule has 0 spiro atoms. The normalized spacial score (nSPS) is 18.4. The number of aromatic nitrogens is 3. The molecule has 2 unspecified atom stereocenters. The van der Waals surface area contributed by atoms with Crippen molar-refractivity contribution in [3.05, 3.63) is 66.7 Å². The lowest BCUT2D eigenvalue weighted by molar-refractivity contribution is -0.0282. The molecule has 0 aliphatic carbocycles. The average molecular weight is 447 g/mol. The van der Waals surface area contributed by atoms with Crippen molar-refractivity contribution in [2.75, 3.05) is 26.1 Å². The number of hydrogen-bond acceptors (Lipinski definition) is 7. The Hall–Kier alpha value is -3.62. The van der Waals surface area contributed by atoms with Crippen LogP contribution < -0.4 is 15.2 Å². The number of anilines is 1. The van der Waals surface area contributed by atoms with Gasteiger partial charge in [0.15, 0.2) is 11.5 Å². The maximum absolute atomic E-state index is 9.37. The molecule has 1 aliphatic heterocycles. The molecule has 5 rings (SSSR count). The van der Waals surface area contributed by atoms with Gasteiger partial charge in [0.1, 0.15) is 28.6 Å². The number of hydrogen-bond donors (Lipinski definition) is 2. The molecule has 0 saturated carbocycles. The molecule has 2 aromatic carbocycles. The highest BCUT2D eigenvalue weighted by Gasteiger charge is 2.27. The van der Waals surface area contributed by atoms with E-state index in [9.17, 15) is 5.11 Å². The van der Waals surface area contributed by atoms with Crippen molar-refractivity contribution in [1.82, 2.24) is 14.4 Å². The molecule has 1 aliphatic rings. The zero-order chi connectivity index (χ0) is 22.8. The third kappa shape index (κ3) is 4.10. The molecule has 1 fully saturated rings. The van der Waals surface area contributed by atoms with E-state index >= 15 is 0 Å². The van der Waals surface area contributed by atoms with Crippen molar-refractivity contribution in [3.63, 3.8) is 0 Å². The fourth-order valence-corrected chi connectivity index (χ4v) is 4.24. The van der Waals surface area contributed by atoms with Gasteiger partial charge in [-0.2, -0.15) is 0 Å². The molecular weight excluding hydrogens is 420 g/mol. The lowest BCUT2D eigenvalue weighted by atomic mass is 9.98. The topological polar surface area (TPSA) is 104 Å². The predicted octanol–water partition coefficient (Wildman–Crippen LogP) is 4.03. The van der Waals surface area contributed by atoms with Gasteiger partial charge < -0.3 is 25.1 Å². The van der Waals surface area contributed by atoms with Crippen LogP contribution in [-0.2, 0) is 4.74 Å². The first-order valence-corrected chi connectivity index (χ1v) is 10.9. The number of nitrogens with two attached hydrogens (primary N) is 1. The summed E-state index contributed by atoms with van der Waals surface area (Å²) in [6.07, 6.45) is 5.14. The number of aliphatic hydroxyl groups excluding tert-OH is 1. The van der Waals surface area contributed by atoms with Crippen LogP contribution >= 0.6 is 0 Å². The van der Waals surface area contributed by atoms with Gasteiger partial charge in [-0.25, -0.2) is 9.97 Å². The molecule has 2 atom stereocenters. The Labute approximate surface area is 191 Å². The maximum atomic E-state index is 9.37. The van der Waals surface area contributed by atoms with Crippen LogP contribution in [0.4, 0.5) is 5.82 Å². The quantitative estimate of drug-likeness (QED) is 0.461. The van der Waals surface area contributed by atoms with Crippen molar-refractivity contribution < 1.29 is 19.3 Å². The molecule has 1 saturated heterocycles. The van der Waals surface area contributed by atoms with E-state index in [4.69, 9.17) is 24.9 Å². The first kappa shape index (κ1) is 21.2. The highest BCUT2D eigenvalue weighted by Crippen LogP contribution is 2.36. The van der Waals surface area contributed by atoms with Crippen molar-refractivity contribution in [1.29, 1.82) is 0 Å². The van der Waals surface area contributed by atoms with Gasteiger partial charge in [0.25, 0.3) is 0 Å². The lowest BCUT2D eigenvalue weighted by Crippen LogP contribution is -2.28. The van der Waals surface area contributed by atoms with E-state index in [1.807, 2.05) is 59.1 Å². The molecule has 3 heterocycles. The number of fused-ring (bicyclic) bond motifs is 1. The van der Waals surface area contributed by atoms with Gasteiger partial charge in [-0.15, -0.1) is 0 Å². The summed E-state index contributed by atoms with van der Waals surface area (Å²) in [6, 6.07) is 15.2. The molecule has 8 nitrogen and oxygen atoms in total. The van der Waals surface area contributed by atoms with Crippen LogP contribution in [0, 0.1) is 0 Å². The molecule has 8 heteroatoms. The zero-order valence-electron chi connectivity index (χ0n) is 18.3. The third-order valence-corrected chi connectivity index (χ3v) is 5.97. The van der Waals surface area contributed by atoms with Crippen molar-refractivity contribution in [3.8, 4) is 28.5 Å². The van der Waals surface area contributed by atoms with E-state index in [-0.39, 0.29) is 18.6 Å². The second-order valence-corrected chi connectivity index (χ2v) is 8.04. The summed E-state index contributed by atoms with van der Waals surface area (Å²) in [4.78, 5) is 9.26. The molecular formula is C25H26N4O4. The molecule has 2 aromatic heterocycles. The van der Waals surface area contributed by atoms with Gasteiger partial charge in [-0.05, 0) is 49.2 Å². The fourth-order valence-electron chi connectivity index (χ4n) is 4.24. The minimum atomic E-state index is -0.102. The highest BCUT2D eigenvalue weighted by atomic mass is 16.5. The Morgan fingerprint density at radius 2 is 1.91 bits per heavy atom. The summed E-state index contributed by atoms with van der Waals surface area (Å²) in [5.41, 5.74) is 8.72. The average Bonchev–Trinajstić information content (AvgIpc) is 3.26. The number of para-hydroxylation sites is 2. The smallest absolute Gasteiger partial charge is 0.169 e. The Balaban J connectivity index is 1.47. The second kappa shape index (κ2) is 9.09. The first-order valence-electron chi connectivity index (χ1n) is 10.9. The first-order chi connectivity index (χ1) is 16.2. The molecule has 4 aromatic rings. The SMILES string of the molecule is COc1ccccc1Oc1ccc(-c2nc(C3CCC(CO)OC3)n3ccnc(N)c23)cc1. The highest BCUT2D eigenvalue weighted by molar-refractivity contribution is 5.85. The summed E-state index contributed by atoms with van der Waals surface area (Å²) in [5.74, 6) is 3.43. The standard InChI is InChI=1S/C25H26N4O4/c1-31-20-4-2-3-5-21(20)33-18-9-6-16(7-10-18)22-23-24(26)27-12-13-29(23)25(28-22)17-8-11-19(14-30)32-15-17/h2-7,9-10,12-13,17,19,30H,8,11,14-15H2,1H3,(H2,26,27). The number of aliphatic hydroxyl groups is 1. The van der Waals surface area contributed by atoms with Crippen molar-refractivity contribution in [2.24, 2.45) is 0 Å². The summed E-state index contributed by atoms with van der Waals surface area (Å²) >= 11 is 0. The molecule has 170 valence electrons. The van der Waals surface area contributed by atoms with Crippen LogP contribution in [0.5, 0.6) is 17.2 Å². The Morgan fingerprint density at radius 3 is 2.61 bits per heavy atom. The number of rotatable bonds is 6. The summed E-state index contributed by atoms with van der Waals surface area (Å²) in [5, 5.41) is 9.37. The summed E-state index contributed by atoms with van der Waals surface area (Å²) in [7, 11) is 1.62. The monoisotopic (exact) mass is 446 g/mol.